The van der Waals surface area contributed by atoms with Gasteiger partial charge in [0.2, 0.25) is 0 Å². The third-order valence-corrected chi connectivity index (χ3v) is 3.55. The highest BCUT2D eigenvalue weighted by Gasteiger charge is 2.12. The molecular weight excluding hydrogens is 336 g/mol. The molecule has 0 unspecified atom stereocenters. The van der Waals surface area contributed by atoms with Gasteiger partial charge in [-0.3, -0.25) is 4.79 Å². The number of nitrogens with zero attached hydrogens (tertiary/aromatic N) is 2. The number of methoxy groups -OCH3 is 3. The molecule has 0 saturated carbocycles. The van der Waals surface area contributed by atoms with Crippen LogP contribution in [0.1, 0.15) is 22.7 Å². The summed E-state index contributed by atoms with van der Waals surface area (Å²) in [6, 6.07) is 6.99. The molecule has 0 bridgehead atoms. The van der Waals surface area contributed by atoms with Gasteiger partial charge in [-0.2, -0.15) is 0 Å². The van der Waals surface area contributed by atoms with E-state index in [-0.39, 0.29) is 5.91 Å². The van der Waals surface area contributed by atoms with Gasteiger partial charge in [-0.25, -0.2) is 9.97 Å². The van der Waals surface area contributed by atoms with E-state index in [4.69, 9.17) is 14.2 Å². The molecule has 0 spiro atoms. The molecule has 0 radical (unpaired) electrons. The molecule has 0 saturated heterocycles. The molecule has 26 heavy (non-hydrogen) atoms. The number of nitrogens with one attached hydrogen (secondary N) is 2. The minimum absolute atomic E-state index is 0.253. The van der Waals surface area contributed by atoms with Gasteiger partial charge in [-0.1, -0.05) is 0 Å². The van der Waals surface area contributed by atoms with Crippen LogP contribution in [-0.2, 0) is 4.74 Å². The van der Waals surface area contributed by atoms with Crippen LogP contribution in [0, 0.1) is 6.92 Å². The van der Waals surface area contributed by atoms with E-state index in [2.05, 4.69) is 20.6 Å². The first-order valence-corrected chi connectivity index (χ1v) is 8.19. The van der Waals surface area contributed by atoms with Crippen molar-refractivity contribution in [1.29, 1.82) is 0 Å². The summed E-state index contributed by atoms with van der Waals surface area (Å²) in [6.07, 6.45) is 0.737. The Morgan fingerprint density at radius 3 is 2.62 bits per heavy atom. The van der Waals surface area contributed by atoms with Crippen molar-refractivity contribution in [2.24, 2.45) is 0 Å². The number of carbonyl (C=O) groups excluding carboxylic acids is 1. The topological polar surface area (TPSA) is 94.6 Å². The van der Waals surface area contributed by atoms with Crippen LogP contribution in [0.2, 0.25) is 0 Å². The SMILES string of the molecule is COCCCNC(=O)c1cc(Nc2ccc(OC)cc2OC)nc(C)n1. The molecule has 2 aromatic rings. The van der Waals surface area contributed by atoms with E-state index in [9.17, 15) is 4.79 Å². The molecule has 0 aliphatic heterocycles. The van der Waals surface area contributed by atoms with Crippen LogP contribution in [-0.4, -0.2) is 50.4 Å². The summed E-state index contributed by atoms with van der Waals surface area (Å²) in [5.41, 5.74) is 1.00. The van der Waals surface area contributed by atoms with Gasteiger partial charge in [-0.05, 0) is 25.5 Å². The summed E-state index contributed by atoms with van der Waals surface area (Å²) >= 11 is 0. The Kier molecular flexibility index (Phi) is 7.16. The largest absolute Gasteiger partial charge is 0.497 e. The fourth-order valence-corrected chi connectivity index (χ4v) is 2.30. The van der Waals surface area contributed by atoms with E-state index in [1.54, 1.807) is 40.4 Å². The first-order chi connectivity index (χ1) is 12.6. The summed E-state index contributed by atoms with van der Waals surface area (Å²) in [4.78, 5) is 20.8. The zero-order chi connectivity index (χ0) is 18.9. The second kappa shape index (κ2) is 9.57. The molecule has 0 atom stereocenters. The number of rotatable bonds is 9. The lowest BCUT2D eigenvalue weighted by atomic mass is 10.2. The number of carbonyl (C=O) groups is 1. The minimum Gasteiger partial charge on any atom is -0.497 e. The quantitative estimate of drug-likeness (QED) is 0.663. The zero-order valence-electron chi connectivity index (χ0n) is 15.5. The van der Waals surface area contributed by atoms with Crippen LogP contribution in [0.25, 0.3) is 0 Å². The molecule has 2 rings (SSSR count). The Morgan fingerprint density at radius 1 is 1.12 bits per heavy atom. The summed E-state index contributed by atoms with van der Waals surface area (Å²) in [5.74, 6) is 2.03. The van der Waals surface area contributed by atoms with Gasteiger partial charge in [0.05, 0.1) is 19.9 Å². The molecule has 1 amide bonds. The van der Waals surface area contributed by atoms with Gasteiger partial charge in [-0.15, -0.1) is 0 Å². The molecule has 140 valence electrons. The molecule has 1 heterocycles. The lowest BCUT2D eigenvalue weighted by Gasteiger charge is -2.13. The van der Waals surface area contributed by atoms with Crippen LogP contribution in [0.3, 0.4) is 0 Å². The zero-order valence-corrected chi connectivity index (χ0v) is 15.5. The lowest BCUT2D eigenvalue weighted by Crippen LogP contribution is -2.26. The summed E-state index contributed by atoms with van der Waals surface area (Å²) < 4.78 is 15.5. The Balaban J connectivity index is 2.15. The predicted octanol–water partition coefficient (Wildman–Crippen LogP) is 2.31. The third-order valence-electron chi connectivity index (χ3n) is 3.55. The monoisotopic (exact) mass is 360 g/mol. The van der Waals surface area contributed by atoms with Crippen LogP contribution < -0.4 is 20.1 Å². The number of aryl methyl sites for hydroxylation is 1. The first kappa shape index (κ1) is 19.5. The maximum atomic E-state index is 12.3. The molecule has 0 aliphatic rings. The molecular formula is C18H24N4O4. The normalized spacial score (nSPS) is 10.3. The molecule has 8 nitrogen and oxygen atoms in total. The molecule has 0 fully saturated rings. The van der Waals surface area contributed by atoms with Crippen LogP contribution >= 0.6 is 0 Å². The Bertz CT molecular complexity index is 752. The second-order valence-electron chi connectivity index (χ2n) is 5.48. The number of aromatic nitrogens is 2. The standard InChI is InChI=1S/C18H24N4O4/c1-12-20-15(18(23)19-8-5-9-24-2)11-17(21-12)22-14-7-6-13(25-3)10-16(14)26-4/h6-7,10-11H,5,8-9H2,1-4H3,(H,19,23)(H,20,21,22). The number of benzene rings is 1. The molecule has 0 aliphatic carbocycles. The van der Waals surface area contributed by atoms with Gasteiger partial charge in [0.1, 0.15) is 28.8 Å². The average Bonchev–Trinajstić information content (AvgIpc) is 2.65. The summed E-state index contributed by atoms with van der Waals surface area (Å²) in [7, 11) is 4.79. The fourth-order valence-electron chi connectivity index (χ4n) is 2.30. The van der Waals surface area contributed by atoms with Crippen molar-refractivity contribution in [3.8, 4) is 11.5 Å². The Labute approximate surface area is 152 Å². The highest BCUT2D eigenvalue weighted by molar-refractivity contribution is 5.93. The fraction of sp³-hybridized carbons (Fsp3) is 0.389. The first-order valence-electron chi connectivity index (χ1n) is 8.19. The second-order valence-corrected chi connectivity index (χ2v) is 5.48. The molecule has 8 heteroatoms. The van der Waals surface area contributed by atoms with Crippen molar-refractivity contribution in [2.45, 2.75) is 13.3 Å². The number of ether oxygens (including phenoxy) is 3. The predicted molar refractivity (Wildman–Crippen MR) is 98.4 cm³/mol. The maximum absolute atomic E-state index is 12.3. The molecule has 1 aromatic heterocycles. The van der Waals surface area contributed by atoms with Crippen molar-refractivity contribution in [1.82, 2.24) is 15.3 Å². The van der Waals surface area contributed by atoms with Crippen molar-refractivity contribution >= 4 is 17.4 Å². The van der Waals surface area contributed by atoms with Crippen LogP contribution in [0.5, 0.6) is 11.5 Å². The lowest BCUT2D eigenvalue weighted by molar-refractivity contribution is 0.0943. The summed E-state index contributed by atoms with van der Waals surface area (Å²) in [5, 5.41) is 5.97. The smallest absolute Gasteiger partial charge is 0.270 e. The van der Waals surface area contributed by atoms with E-state index in [1.165, 1.54) is 0 Å². The van der Waals surface area contributed by atoms with E-state index in [0.717, 1.165) is 6.42 Å². The highest BCUT2D eigenvalue weighted by atomic mass is 16.5. The van der Waals surface area contributed by atoms with Gasteiger partial charge < -0.3 is 24.8 Å². The average molecular weight is 360 g/mol. The maximum Gasteiger partial charge on any atom is 0.270 e. The van der Waals surface area contributed by atoms with Gasteiger partial charge in [0.25, 0.3) is 5.91 Å². The van der Waals surface area contributed by atoms with Gasteiger partial charge in [0.15, 0.2) is 0 Å². The van der Waals surface area contributed by atoms with Crippen molar-refractivity contribution in [3.63, 3.8) is 0 Å². The van der Waals surface area contributed by atoms with E-state index >= 15 is 0 Å². The van der Waals surface area contributed by atoms with Crippen molar-refractivity contribution < 1.29 is 19.0 Å². The van der Waals surface area contributed by atoms with E-state index in [1.807, 2.05) is 12.1 Å². The number of anilines is 2. The highest BCUT2D eigenvalue weighted by Crippen LogP contribution is 2.31. The number of hydrogen-bond donors (Lipinski definition) is 2. The van der Waals surface area contributed by atoms with Gasteiger partial charge in [0, 0.05) is 32.4 Å². The summed E-state index contributed by atoms with van der Waals surface area (Å²) in [6.45, 7) is 2.84. The third kappa shape index (κ3) is 5.32. The van der Waals surface area contributed by atoms with Gasteiger partial charge >= 0.3 is 0 Å². The Hall–Kier alpha value is -2.87. The molecule has 1 aromatic carbocycles. The van der Waals surface area contributed by atoms with Crippen molar-refractivity contribution in [3.05, 3.63) is 35.8 Å². The molecule has 2 N–H and O–H groups in total. The van der Waals surface area contributed by atoms with Crippen LogP contribution in [0.15, 0.2) is 24.3 Å². The van der Waals surface area contributed by atoms with E-state index in [0.29, 0.717) is 47.7 Å². The Morgan fingerprint density at radius 2 is 1.92 bits per heavy atom. The number of amides is 1. The van der Waals surface area contributed by atoms with Crippen molar-refractivity contribution in [2.75, 3.05) is 39.8 Å². The van der Waals surface area contributed by atoms with E-state index < -0.39 is 0 Å². The minimum atomic E-state index is -0.253. The number of hydrogen-bond acceptors (Lipinski definition) is 7. The van der Waals surface area contributed by atoms with Crippen LogP contribution in [0.4, 0.5) is 11.5 Å².